The van der Waals surface area contributed by atoms with Gasteiger partial charge in [0.05, 0.1) is 5.92 Å². The number of carbonyl (C=O) groups is 2. The topological polar surface area (TPSA) is 57.6 Å². The van der Waals surface area contributed by atoms with E-state index in [1.54, 1.807) is 4.90 Å². The van der Waals surface area contributed by atoms with Gasteiger partial charge in [-0.15, -0.1) is 0 Å². The maximum atomic E-state index is 13.0. The normalized spacial score (nSPS) is 17.8. The summed E-state index contributed by atoms with van der Waals surface area (Å²) in [5.74, 6) is -1.73. The Morgan fingerprint density at radius 1 is 1.15 bits per heavy atom. The maximum Gasteiger partial charge on any atom is 0.307 e. The minimum atomic E-state index is -0.919. The van der Waals surface area contributed by atoms with Crippen molar-refractivity contribution < 1.29 is 14.7 Å². The minimum Gasteiger partial charge on any atom is -0.481 e. The standard InChI is InChI=1S/C21H20BrNO3/c22-16-6-7-17-18(12-16)23(13-21(17)8-9-21)19(24)11-15(20(25)26)10-14-4-2-1-3-5-14/h1-7,12,15H,8-11,13H2,(H,25,26). The Labute approximate surface area is 161 Å². The van der Waals surface area contributed by atoms with Gasteiger partial charge in [-0.25, -0.2) is 0 Å². The Hall–Kier alpha value is -2.14. The smallest absolute Gasteiger partial charge is 0.307 e. The Morgan fingerprint density at radius 2 is 1.88 bits per heavy atom. The monoisotopic (exact) mass is 413 g/mol. The third-order valence-electron chi connectivity index (χ3n) is 5.53. The zero-order valence-electron chi connectivity index (χ0n) is 14.3. The third kappa shape index (κ3) is 3.16. The van der Waals surface area contributed by atoms with Gasteiger partial charge < -0.3 is 10.0 Å². The molecule has 1 N–H and O–H groups in total. The van der Waals surface area contributed by atoms with Crippen LogP contribution in [0.3, 0.4) is 0 Å². The Bertz CT molecular complexity index is 861. The average molecular weight is 414 g/mol. The van der Waals surface area contributed by atoms with Crippen molar-refractivity contribution in [3.05, 3.63) is 64.1 Å². The van der Waals surface area contributed by atoms with Crippen LogP contribution in [0.25, 0.3) is 0 Å². The predicted molar refractivity (Wildman–Crippen MR) is 103 cm³/mol. The van der Waals surface area contributed by atoms with Crippen molar-refractivity contribution >= 4 is 33.5 Å². The van der Waals surface area contributed by atoms with E-state index in [4.69, 9.17) is 0 Å². The number of amides is 1. The van der Waals surface area contributed by atoms with Crippen LogP contribution in [-0.4, -0.2) is 23.5 Å². The molecule has 2 aromatic rings. The summed E-state index contributed by atoms with van der Waals surface area (Å²) in [7, 11) is 0. The van der Waals surface area contributed by atoms with Crippen LogP contribution in [0.1, 0.15) is 30.4 Å². The quantitative estimate of drug-likeness (QED) is 0.800. The molecule has 1 aliphatic heterocycles. The number of carbonyl (C=O) groups excluding carboxylic acids is 1. The van der Waals surface area contributed by atoms with Crippen LogP contribution in [0.2, 0.25) is 0 Å². The fourth-order valence-electron chi connectivity index (χ4n) is 3.92. The molecule has 5 heteroatoms. The van der Waals surface area contributed by atoms with Crippen molar-refractivity contribution in [1.29, 1.82) is 0 Å². The number of carboxylic acids is 1. The highest BCUT2D eigenvalue weighted by Gasteiger charge is 2.53. The predicted octanol–water partition coefficient (Wildman–Crippen LogP) is 4.16. The summed E-state index contributed by atoms with van der Waals surface area (Å²) in [6.45, 7) is 0.676. The number of hydrogen-bond acceptors (Lipinski definition) is 2. The Morgan fingerprint density at radius 3 is 2.54 bits per heavy atom. The summed E-state index contributed by atoms with van der Waals surface area (Å²) < 4.78 is 0.936. The van der Waals surface area contributed by atoms with Crippen molar-refractivity contribution in [2.24, 2.45) is 5.92 Å². The zero-order chi connectivity index (χ0) is 18.3. The number of fused-ring (bicyclic) bond motifs is 2. The van der Waals surface area contributed by atoms with Crippen LogP contribution in [0, 0.1) is 5.92 Å². The highest BCUT2D eigenvalue weighted by atomic mass is 79.9. The molecule has 26 heavy (non-hydrogen) atoms. The molecule has 1 spiro atoms. The second-order valence-corrected chi connectivity index (χ2v) is 8.27. The molecule has 1 unspecified atom stereocenters. The van der Waals surface area contributed by atoms with E-state index >= 15 is 0 Å². The van der Waals surface area contributed by atoms with E-state index < -0.39 is 11.9 Å². The summed E-state index contributed by atoms with van der Waals surface area (Å²) in [6, 6.07) is 15.6. The summed E-state index contributed by atoms with van der Waals surface area (Å²) >= 11 is 3.49. The van der Waals surface area contributed by atoms with Gasteiger partial charge in [-0.3, -0.25) is 9.59 Å². The van der Waals surface area contributed by atoms with Crippen LogP contribution in [-0.2, 0) is 21.4 Å². The molecule has 0 saturated heterocycles. The highest BCUT2D eigenvalue weighted by Crippen LogP contribution is 2.57. The largest absolute Gasteiger partial charge is 0.481 e. The van der Waals surface area contributed by atoms with Crippen LogP contribution in [0.5, 0.6) is 0 Å². The lowest BCUT2D eigenvalue weighted by Crippen LogP contribution is -2.34. The number of hydrogen-bond donors (Lipinski definition) is 1. The number of halogens is 1. The van der Waals surface area contributed by atoms with Crippen molar-refractivity contribution in [1.82, 2.24) is 0 Å². The SMILES string of the molecule is O=C(O)C(CC(=O)N1CC2(CC2)c2ccc(Br)cc21)Cc1ccccc1. The molecule has 1 aliphatic carbocycles. The molecule has 134 valence electrons. The molecule has 0 radical (unpaired) electrons. The maximum absolute atomic E-state index is 13.0. The molecular formula is C21H20BrNO3. The van der Waals surface area contributed by atoms with Crippen LogP contribution < -0.4 is 4.90 Å². The molecule has 1 fully saturated rings. The minimum absolute atomic E-state index is 0.0201. The number of benzene rings is 2. The van der Waals surface area contributed by atoms with Gasteiger partial charge in [-0.05, 0) is 42.5 Å². The highest BCUT2D eigenvalue weighted by molar-refractivity contribution is 9.10. The van der Waals surface area contributed by atoms with Gasteiger partial charge in [-0.1, -0.05) is 52.3 Å². The number of anilines is 1. The molecule has 4 rings (SSSR count). The number of aliphatic carboxylic acids is 1. The first-order valence-corrected chi connectivity index (χ1v) is 9.65. The summed E-state index contributed by atoms with van der Waals surface area (Å²) in [5.41, 5.74) is 3.20. The molecule has 1 amide bonds. The van der Waals surface area contributed by atoms with Crippen molar-refractivity contribution in [3.8, 4) is 0 Å². The van der Waals surface area contributed by atoms with Gasteiger partial charge in [0.25, 0.3) is 0 Å². The van der Waals surface area contributed by atoms with E-state index in [9.17, 15) is 14.7 Å². The zero-order valence-corrected chi connectivity index (χ0v) is 15.9. The van der Waals surface area contributed by atoms with E-state index in [-0.39, 0.29) is 17.7 Å². The fourth-order valence-corrected chi connectivity index (χ4v) is 4.27. The van der Waals surface area contributed by atoms with Crippen LogP contribution >= 0.6 is 15.9 Å². The molecule has 0 aromatic heterocycles. The Kier molecular flexibility index (Phi) is 4.35. The lowest BCUT2D eigenvalue weighted by atomic mass is 9.95. The molecule has 1 saturated carbocycles. The van der Waals surface area contributed by atoms with E-state index in [2.05, 4.69) is 22.0 Å². The van der Waals surface area contributed by atoms with E-state index in [1.807, 2.05) is 42.5 Å². The van der Waals surface area contributed by atoms with Gasteiger partial charge >= 0.3 is 5.97 Å². The molecule has 1 heterocycles. The second-order valence-electron chi connectivity index (χ2n) is 7.35. The van der Waals surface area contributed by atoms with Crippen LogP contribution in [0.4, 0.5) is 5.69 Å². The molecule has 0 bridgehead atoms. The second kappa shape index (κ2) is 6.54. The number of nitrogens with zero attached hydrogens (tertiary/aromatic N) is 1. The van der Waals surface area contributed by atoms with E-state index in [1.165, 1.54) is 5.56 Å². The molecule has 1 atom stereocenters. The third-order valence-corrected chi connectivity index (χ3v) is 6.03. The van der Waals surface area contributed by atoms with Gasteiger partial charge in [0, 0.05) is 28.5 Å². The molecular weight excluding hydrogens is 394 g/mol. The van der Waals surface area contributed by atoms with Gasteiger partial charge in [-0.2, -0.15) is 0 Å². The molecule has 2 aliphatic rings. The van der Waals surface area contributed by atoms with Crippen molar-refractivity contribution in [2.75, 3.05) is 11.4 Å². The van der Waals surface area contributed by atoms with Gasteiger partial charge in [0.2, 0.25) is 5.91 Å². The lowest BCUT2D eigenvalue weighted by molar-refractivity contribution is -0.143. The first kappa shape index (κ1) is 17.3. The van der Waals surface area contributed by atoms with E-state index in [0.29, 0.717) is 13.0 Å². The summed E-state index contributed by atoms with van der Waals surface area (Å²) in [6.07, 6.45) is 2.58. The summed E-state index contributed by atoms with van der Waals surface area (Å²) in [4.78, 5) is 26.5. The fraction of sp³-hybridized carbons (Fsp3) is 0.333. The molecule has 4 nitrogen and oxygen atoms in total. The Balaban J connectivity index is 1.54. The van der Waals surface area contributed by atoms with E-state index in [0.717, 1.165) is 28.6 Å². The number of carboxylic acid groups (broad SMARTS) is 1. The number of rotatable bonds is 5. The van der Waals surface area contributed by atoms with Gasteiger partial charge in [0.15, 0.2) is 0 Å². The van der Waals surface area contributed by atoms with Crippen molar-refractivity contribution in [2.45, 2.75) is 31.1 Å². The van der Waals surface area contributed by atoms with Crippen molar-refractivity contribution in [3.63, 3.8) is 0 Å². The first-order chi connectivity index (χ1) is 12.5. The summed E-state index contributed by atoms with van der Waals surface area (Å²) in [5, 5.41) is 9.60. The van der Waals surface area contributed by atoms with Gasteiger partial charge in [0.1, 0.15) is 0 Å². The van der Waals surface area contributed by atoms with Crippen LogP contribution in [0.15, 0.2) is 53.0 Å². The lowest BCUT2D eigenvalue weighted by Gasteiger charge is -2.20. The average Bonchev–Trinajstić information content (AvgIpc) is 3.32. The first-order valence-electron chi connectivity index (χ1n) is 8.86. The molecule has 2 aromatic carbocycles.